The summed E-state index contributed by atoms with van der Waals surface area (Å²) in [5.74, 6) is -0.181. The number of carbonyl (C=O) groups is 1. The van der Waals surface area contributed by atoms with Gasteiger partial charge in [0.15, 0.2) is 9.84 Å². The first kappa shape index (κ1) is 18.9. The molecule has 0 radical (unpaired) electrons. The molecule has 2 aromatic carbocycles. The summed E-state index contributed by atoms with van der Waals surface area (Å²) < 4.78 is 23.0. The van der Waals surface area contributed by atoms with E-state index in [9.17, 15) is 13.2 Å². The minimum Gasteiger partial charge on any atom is -0.346 e. The van der Waals surface area contributed by atoms with Gasteiger partial charge in [0, 0.05) is 12.3 Å². The molecule has 5 heteroatoms. The third kappa shape index (κ3) is 5.57. The number of carbonyl (C=O) groups excluding carboxylic acids is 1. The maximum absolute atomic E-state index is 12.2. The van der Waals surface area contributed by atoms with E-state index in [0.29, 0.717) is 6.42 Å². The Morgan fingerprint density at radius 2 is 1.68 bits per heavy atom. The van der Waals surface area contributed by atoms with E-state index in [1.165, 1.54) is 17.9 Å². The van der Waals surface area contributed by atoms with Gasteiger partial charge >= 0.3 is 0 Å². The van der Waals surface area contributed by atoms with E-state index in [1.807, 2.05) is 38.1 Å². The summed E-state index contributed by atoms with van der Waals surface area (Å²) in [6.07, 6.45) is 5.17. The number of amides is 1. The molecular weight excluding hydrogens is 334 g/mol. The highest BCUT2D eigenvalue weighted by Gasteiger charge is 2.13. The molecule has 132 valence electrons. The van der Waals surface area contributed by atoms with Gasteiger partial charge in [-0.25, -0.2) is 8.42 Å². The van der Waals surface area contributed by atoms with Gasteiger partial charge in [0.2, 0.25) is 5.91 Å². The molecule has 0 spiro atoms. The lowest BCUT2D eigenvalue weighted by Crippen LogP contribution is -2.26. The van der Waals surface area contributed by atoms with Crippen LogP contribution in [0.2, 0.25) is 0 Å². The van der Waals surface area contributed by atoms with Gasteiger partial charge in [-0.2, -0.15) is 0 Å². The highest BCUT2D eigenvalue weighted by molar-refractivity contribution is 7.90. The van der Waals surface area contributed by atoms with Crippen LogP contribution in [-0.2, 0) is 14.6 Å². The Kier molecular flexibility index (Phi) is 6.15. The smallest absolute Gasteiger partial charge is 0.244 e. The van der Waals surface area contributed by atoms with Crippen LogP contribution in [-0.4, -0.2) is 20.6 Å². The van der Waals surface area contributed by atoms with E-state index >= 15 is 0 Å². The molecule has 1 atom stereocenters. The van der Waals surface area contributed by atoms with Gasteiger partial charge in [0.25, 0.3) is 0 Å². The van der Waals surface area contributed by atoms with Crippen LogP contribution in [0.3, 0.4) is 0 Å². The normalized spacial score (nSPS) is 12.9. The molecule has 0 aliphatic heterocycles. The van der Waals surface area contributed by atoms with Crippen LogP contribution >= 0.6 is 0 Å². The van der Waals surface area contributed by atoms with Crippen molar-refractivity contribution in [1.82, 2.24) is 5.32 Å². The zero-order chi connectivity index (χ0) is 18.4. The molecule has 0 aromatic heterocycles. The molecule has 2 rings (SSSR count). The molecule has 0 aliphatic carbocycles. The maximum Gasteiger partial charge on any atom is 0.244 e. The van der Waals surface area contributed by atoms with E-state index in [1.54, 1.807) is 30.3 Å². The minimum absolute atomic E-state index is 0.163. The van der Waals surface area contributed by atoms with Crippen LogP contribution in [0.25, 0.3) is 6.08 Å². The lowest BCUT2D eigenvalue weighted by Gasteiger charge is -2.16. The molecule has 0 saturated heterocycles. The van der Waals surface area contributed by atoms with Crippen molar-refractivity contribution in [2.24, 2.45) is 0 Å². The first-order chi connectivity index (χ1) is 11.8. The first-order valence-corrected chi connectivity index (χ1v) is 10.0. The number of aryl methyl sites for hydroxylation is 1. The fourth-order valence-electron chi connectivity index (χ4n) is 2.44. The van der Waals surface area contributed by atoms with Gasteiger partial charge in [-0.15, -0.1) is 0 Å². The van der Waals surface area contributed by atoms with E-state index in [-0.39, 0.29) is 16.8 Å². The summed E-state index contributed by atoms with van der Waals surface area (Å²) in [5, 5.41) is 2.95. The molecule has 0 saturated carbocycles. The fraction of sp³-hybridized carbons (Fsp3) is 0.250. The summed E-state index contributed by atoms with van der Waals surface area (Å²) in [5.41, 5.74) is 3.02. The Balaban J connectivity index is 2.05. The zero-order valence-electron chi connectivity index (χ0n) is 14.7. The van der Waals surface area contributed by atoms with Gasteiger partial charge < -0.3 is 5.32 Å². The molecule has 1 amide bonds. The molecule has 0 heterocycles. The zero-order valence-corrected chi connectivity index (χ0v) is 15.5. The van der Waals surface area contributed by atoms with Gasteiger partial charge in [-0.1, -0.05) is 48.9 Å². The number of benzene rings is 2. The fourth-order valence-corrected chi connectivity index (χ4v) is 3.07. The third-order valence-electron chi connectivity index (χ3n) is 3.94. The average molecular weight is 357 g/mol. The summed E-state index contributed by atoms with van der Waals surface area (Å²) in [6.45, 7) is 3.99. The molecule has 0 bridgehead atoms. The second-order valence-corrected chi connectivity index (χ2v) is 8.07. The molecule has 25 heavy (non-hydrogen) atoms. The van der Waals surface area contributed by atoms with Crippen molar-refractivity contribution in [1.29, 1.82) is 0 Å². The highest BCUT2D eigenvalue weighted by atomic mass is 32.2. The monoisotopic (exact) mass is 357 g/mol. The van der Waals surface area contributed by atoms with Crippen molar-refractivity contribution >= 4 is 21.8 Å². The van der Waals surface area contributed by atoms with Crippen molar-refractivity contribution in [3.8, 4) is 0 Å². The lowest BCUT2D eigenvalue weighted by molar-refractivity contribution is -0.117. The predicted molar refractivity (Wildman–Crippen MR) is 101 cm³/mol. The van der Waals surface area contributed by atoms with E-state index in [4.69, 9.17) is 0 Å². The van der Waals surface area contributed by atoms with Crippen molar-refractivity contribution in [3.63, 3.8) is 0 Å². The second-order valence-electron chi connectivity index (χ2n) is 6.05. The number of sulfone groups is 1. The van der Waals surface area contributed by atoms with Crippen molar-refractivity contribution in [3.05, 3.63) is 71.3 Å². The standard InChI is InChI=1S/C20H23NO3S/c1-4-19(17-10-12-18(13-11-17)25(3,23)24)21-20(22)14-9-16-7-5-15(2)6-8-16/h5-14,19H,4H2,1-3H3,(H,21,22)/b14-9+. The van der Waals surface area contributed by atoms with Crippen molar-refractivity contribution in [2.75, 3.05) is 6.26 Å². The summed E-state index contributed by atoms with van der Waals surface area (Å²) in [6, 6.07) is 14.4. The lowest BCUT2D eigenvalue weighted by atomic mass is 10.0. The van der Waals surface area contributed by atoms with Gasteiger partial charge in [0.1, 0.15) is 0 Å². The van der Waals surface area contributed by atoms with Crippen LogP contribution in [0.1, 0.15) is 36.1 Å². The number of rotatable bonds is 6. The third-order valence-corrected chi connectivity index (χ3v) is 5.07. The topological polar surface area (TPSA) is 63.2 Å². The number of nitrogens with one attached hydrogen (secondary N) is 1. The summed E-state index contributed by atoms with van der Waals surface area (Å²) >= 11 is 0. The molecular formula is C20H23NO3S. The van der Waals surface area contributed by atoms with Crippen LogP contribution in [0.4, 0.5) is 0 Å². The van der Waals surface area contributed by atoms with Crippen molar-refractivity contribution in [2.45, 2.75) is 31.2 Å². The predicted octanol–water partition coefficient (Wildman–Crippen LogP) is 3.68. The first-order valence-electron chi connectivity index (χ1n) is 8.15. The second kappa shape index (κ2) is 8.12. The van der Waals surface area contributed by atoms with Crippen LogP contribution < -0.4 is 5.32 Å². The largest absolute Gasteiger partial charge is 0.346 e. The molecule has 2 aromatic rings. The Hall–Kier alpha value is -2.40. The Morgan fingerprint density at radius 3 is 2.20 bits per heavy atom. The van der Waals surface area contributed by atoms with E-state index in [2.05, 4.69) is 5.32 Å². The molecule has 1 N–H and O–H groups in total. The van der Waals surface area contributed by atoms with E-state index in [0.717, 1.165) is 11.1 Å². The van der Waals surface area contributed by atoms with Gasteiger partial charge in [0.05, 0.1) is 10.9 Å². The Morgan fingerprint density at radius 1 is 1.08 bits per heavy atom. The number of hydrogen-bond acceptors (Lipinski definition) is 3. The van der Waals surface area contributed by atoms with Crippen molar-refractivity contribution < 1.29 is 13.2 Å². The summed E-state index contributed by atoms with van der Waals surface area (Å²) in [4.78, 5) is 12.4. The van der Waals surface area contributed by atoms with Crippen LogP contribution in [0.5, 0.6) is 0 Å². The quantitative estimate of drug-likeness (QED) is 0.802. The van der Waals surface area contributed by atoms with E-state index < -0.39 is 9.84 Å². The molecule has 1 unspecified atom stereocenters. The highest BCUT2D eigenvalue weighted by Crippen LogP contribution is 2.19. The molecule has 0 fully saturated rings. The Labute approximate surface area is 149 Å². The van der Waals surface area contributed by atoms with Crippen LogP contribution in [0.15, 0.2) is 59.5 Å². The number of hydrogen-bond donors (Lipinski definition) is 1. The molecule has 4 nitrogen and oxygen atoms in total. The average Bonchev–Trinajstić information content (AvgIpc) is 2.58. The van der Waals surface area contributed by atoms with Gasteiger partial charge in [-0.3, -0.25) is 4.79 Å². The Bertz CT molecular complexity index is 851. The minimum atomic E-state index is -3.22. The van der Waals surface area contributed by atoms with Crippen LogP contribution in [0, 0.1) is 6.92 Å². The summed E-state index contributed by atoms with van der Waals surface area (Å²) in [7, 11) is -3.22. The maximum atomic E-state index is 12.2. The SMILES string of the molecule is CCC(NC(=O)/C=C/c1ccc(C)cc1)c1ccc(S(C)(=O)=O)cc1. The van der Waals surface area contributed by atoms with Gasteiger partial charge in [-0.05, 0) is 42.7 Å². The molecule has 0 aliphatic rings.